The molecule has 5 aliphatic rings. The van der Waals surface area contributed by atoms with Gasteiger partial charge >= 0.3 is 17.9 Å². The summed E-state index contributed by atoms with van der Waals surface area (Å²) in [7, 11) is 0. The molecule has 1 aliphatic heterocycles. The van der Waals surface area contributed by atoms with Crippen LogP contribution in [0.4, 0.5) is 0 Å². The Hall–Kier alpha value is -2.91. The van der Waals surface area contributed by atoms with E-state index in [0.717, 1.165) is 11.1 Å². The van der Waals surface area contributed by atoms with Gasteiger partial charge in [-0.2, -0.15) is 0 Å². The lowest BCUT2D eigenvalue weighted by Crippen LogP contribution is -2.74. The first-order valence-electron chi connectivity index (χ1n) is 15.9. The molecule has 1 saturated heterocycles. The molecule has 3 saturated carbocycles. The number of aliphatic hydroxyl groups is 1. The molecule has 1 N–H and O–H groups in total. The molecule has 0 amide bonds. The number of hydrogen-bond acceptors (Lipinski definition) is 9. The molecule has 9 heteroatoms. The molecule has 0 aromatic carbocycles. The van der Waals surface area contributed by atoms with Crippen LogP contribution in [0.5, 0.6) is 0 Å². The van der Waals surface area contributed by atoms with Crippen LogP contribution in [0, 0.1) is 33.5 Å². The average Bonchev–Trinajstić information content (AvgIpc) is 3.69. The summed E-state index contributed by atoms with van der Waals surface area (Å²) in [5.74, 6) is -1.79. The molecule has 4 fully saturated rings. The summed E-state index contributed by atoms with van der Waals surface area (Å²) in [5.41, 5.74) is -0.215. The predicted octanol–water partition coefficient (Wildman–Crippen LogP) is 5.27. The van der Waals surface area contributed by atoms with E-state index in [-0.39, 0.29) is 23.7 Å². The molecule has 12 atom stereocenters. The van der Waals surface area contributed by atoms with Gasteiger partial charge in [0.2, 0.25) is 0 Å². The molecular weight excluding hydrogens is 564 g/mol. The largest absolute Gasteiger partial charge is 0.472 e. The first-order valence-corrected chi connectivity index (χ1v) is 15.9. The van der Waals surface area contributed by atoms with Crippen molar-refractivity contribution in [2.75, 3.05) is 6.61 Å². The number of rotatable bonds is 5. The molecule has 44 heavy (non-hydrogen) atoms. The van der Waals surface area contributed by atoms with Crippen molar-refractivity contribution in [1.82, 2.24) is 0 Å². The van der Waals surface area contributed by atoms with Crippen molar-refractivity contribution in [2.45, 2.75) is 111 Å². The second-order valence-corrected chi connectivity index (χ2v) is 14.7. The van der Waals surface area contributed by atoms with Crippen molar-refractivity contribution in [3.8, 4) is 0 Å². The second kappa shape index (κ2) is 10.3. The van der Waals surface area contributed by atoms with Gasteiger partial charge in [-0.05, 0) is 44.2 Å². The van der Waals surface area contributed by atoms with E-state index >= 15 is 0 Å². The zero-order valence-corrected chi connectivity index (χ0v) is 27.0. The van der Waals surface area contributed by atoms with Gasteiger partial charge in [0, 0.05) is 59.3 Å². The highest BCUT2D eigenvalue weighted by Gasteiger charge is 2.78. The van der Waals surface area contributed by atoms with Crippen molar-refractivity contribution < 1.29 is 42.9 Å². The third-order valence-electron chi connectivity index (χ3n) is 12.7. The van der Waals surface area contributed by atoms with Gasteiger partial charge in [-0.3, -0.25) is 9.59 Å². The summed E-state index contributed by atoms with van der Waals surface area (Å²) in [6, 6.07) is 1.96. The Morgan fingerprint density at radius 1 is 0.955 bits per heavy atom. The number of aliphatic hydroxyl groups excluding tert-OH is 1. The lowest BCUT2D eigenvalue weighted by atomic mass is 9.36. The van der Waals surface area contributed by atoms with E-state index in [9.17, 15) is 19.5 Å². The Morgan fingerprint density at radius 3 is 2.25 bits per heavy atom. The maximum atomic E-state index is 13.4. The molecule has 0 spiro atoms. The van der Waals surface area contributed by atoms with Crippen molar-refractivity contribution in [2.24, 2.45) is 33.5 Å². The molecule has 1 aromatic heterocycles. The summed E-state index contributed by atoms with van der Waals surface area (Å²) in [6.45, 7) is 15.1. The van der Waals surface area contributed by atoms with Gasteiger partial charge in [0.25, 0.3) is 0 Å². The van der Waals surface area contributed by atoms with Crippen LogP contribution in [0.2, 0.25) is 0 Å². The van der Waals surface area contributed by atoms with Crippen LogP contribution in [-0.4, -0.2) is 60.1 Å². The standard InChI is InChI=1S/C35H46O9/c1-9-18(2)31(39)44-27-15-25(42-19(3)36)32(5)17-41-28-29(32)35(27,8)24-14-26(43-20(4)37)33(6)22(21-12-13-40-16-21)10-11-23(33)34(24,7)30(28)38/h9,11-13,16,22,24-30,38H,10,14-15,17H2,1-8H3/b18-9+/t22-,24+,25-,26+,27+,28-,29+,30-,32-,33+,34+,35+/m1/s1. The summed E-state index contributed by atoms with van der Waals surface area (Å²) in [6.07, 6.45) is 5.61. The summed E-state index contributed by atoms with van der Waals surface area (Å²) in [5, 5.41) is 12.5. The number of carbonyl (C=O) groups is 3. The fourth-order valence-electron chi connectivity index (χ4n) is 10.6. The smallest absolute Gasteiger partial charge is 0.333 e. The average molecular weight is 611 g/mol. The van der Waals surface area contributed by atoms with Crippen molar-refractivity contribution in [3.05, 3.63) is 47.5 Å². The van der Waals surface area contributed by atoms with E-state index in [2.05, 4.69) is 33.8 Å². The summed E-state index contributed by atoms with van der Waals surface area (Å²) >= 11 is 0. The minimum Gasteiger partial charge on any atom is -0.472 e. The third kappa shape index (κ3) is 4.00. The van der Waals surface area contributed by atoms with Gasteiger partial charge in [0.1, 0.15) is 18.3 Å². The van der Waals surface area contributed by atoms with Crippen LogP contribution < -0.4 is 0 Å². The van der Waals surface area contributed by atoms with E-state index in [1.807, 2.05) is 6.07 Å². The number of ether oxygens (including phenoxy) is 4. The van der Waals surface area contributed by atoms with Gasteiger partial charge in [-0.25, -0.2) is 4.79 Å². The van der Waals surface area contributed by atoms with Crippen LogP contribution >= 0.6 is 0 Å². The van der Waals surface area contributed by atoms with Crippen LogP contribution in [0.25, 0.3) is 0 Å². The molecule has 9 nitrogen and oxygen atoms in total. The summed E-state index contributed by atoms with van der Waals surface area (Å²) < 4.78 is 30.6. The molecule has 1 aromatic rings. The topological polar surface area (TPSA) is 122 Å². The highest BCUT2D eigenvalue weighted by atomic mass is 16.6. The van der Waals surface area contributed by atoms with Crippen LogP contribution in [0.15, 0.2) is 46.3 Å². The SMILES string of the molecule is C/C=C(\C)C(=O)O[C@H]1C[C@@H](OC(C)=O)[C@@]2(C)CO[C@H]3[C@@H](O)[C@@]4(C)C5=CC[C@H](c6ccoc6)[C@]5(C)[C@@H](OC(C)=O)C[C@@H]4[C@]1(C)[C@@H]32. The summed E-state index contributed by atoms with van der Waals surface area (Å²) in [4.78, 5) is 38.4. The third-order valence-corrected chi connectivity index (χ3v) is 12.7. The van der Waals surface area contributed by atoms with Gasteiger partial charge in [0.05, 0.1) is 31.3 Å². The molecule has 0 unspecified atom stereocenters. The van der Waals surface area contributed by atoms with E-state index in [4.69, 9.17) is 23.4 Å². The molecule has 240 valence electrons. The maximum absolute atomic E-state index is 13.4. The van der Waals surface area contributed by atoms with E-state index in [1.54, 1.807) is 32.4 Å². The minimum absolute atomic E-state index is 0.0171. The molecule has 4 aliphatic carbocycles. The maximum Gasteiger partial charge on any atom is 0.333 e. The Balaban J connectivity index is 1.54. The quantitative estimate of drug-likeness (QED) is 0.206. The predicted molar refractivity (Wildman–Crippen MR) is 159 cm³/mol. The van der Waals surface area contributed by atoms with Crippen LogP contribution in [-0.2, 0) is 33.3 Å². The minimum atomic E-state index is -0.899. The highest BCUT2D eigenvalue weighted by Crippen LogP contribution is 2.75. The number of fused-ring (bicyclic) bond motifs is 4. The van der Waals surface area contributed by atoms with Crippen molar-refractivity contribution in [3.63, 3.8) is 0 Å². The van der Waals surface area contributed by atoms with E-state index in [1.165, 1.54) is 13.8 Å². The van der Waals surface area contributed by atoms with Crippen LogP contribution in [0.3, 0.4) is 0 Å². The molecule has 6 rings (SSSR count). The fourth-order valence-corrected chi connectivity index (χ4v) is 10.6. The Labute approximate surface area is 259 Å². The van der Waals surface area contributed by atoms with Gasteiger partial charge in [-0.15, -0.1) is 0 Å². The molecular formula is C35H46O9. The molecule has 2 heterocycles. The van der Waals surface area contributed by atoms with Crippen LogP contribution in [0.1, 0.15) is 86.1 Å². The number of carbonyl (C=O) groups excluding carboxylic acids is 3. The zero-order chi connectivity index (χ0) is 32.0. The fraction of sp³-hybridized carbons (Fsp3) is 0.686. The van der Waals surface area contributed by atoms with Gasteiger partial charge in [-0.1, -0.05) is 45.4 Å². The molecule has 0 radical (unpaired) electrons. The Kier molecular flexibility index (Phi) is 7.28. The molecule has 0 bridgehead atoms. The number of esters is 3. The van der Waals surface area contributed by atoms with Crippen molar-refractivity contribution in [1.29, 1.82) is 0 Å². The normalized spacial score (nSPS) is 45.8. The first-order chi connectivity index (χ1) is 20.6. The number of allylic oxidation sites excluding steroid dienone is 2. The first kappa shape index (κ1) is 31.1. The number of hydrogen-bond donors (Lipinski definition) is 1. The zero-order valence-electron chi connectivity index (χ0n) is 27.0. The monoisotopic (exact) mass is 610 g/mol. The lowest BCUT2D eigenvalue weighted by molar-refractivity contribution is -0.270. The van der Waals surface area contributed by atoms with Gasteiger partial charge < -0.3 is 28.5 Å². The van der Waals surface area contributed by atoms with Crippen molar-refractivity contribution >= 4 is 17.9 Å². The highest BCUT2D eigenvalue weighted by molar-refractivity contribution is 5.87. The second-order valence-electron chi connectivity index (χ2n) is 14.7. The van der Waals surface area contributed by atoms with E-state index < -0.39 is 64.1 Å². The van der Waals surface area contributed by atoms with E-state index in [0.29, 0.717) is 31.4 Å². The Morgan fingerprint density at radius 2 is 1.64 bits per heavy atom. The number of furan rings is 1. The van der Waals surface area contributed by atoms with Gasteiger partial charge in [0.15, 0.2) is 0 Å². The Bertz CT molecular complexity index is 1410. The lowest BCUT2D eigenvalue weighted by Gasteiger charge is -2.70.